The maximum absolute atomic E-state index is 6.11. The van der Waals surface area contributed by atoms with Crippen LogP contribution in [0.1, 0.15) is 19.3 Å². The average Bonchev–Trinajstić information content (AvgIpc) is 2.80. The lowest BCUT2D eigenvalue weighted by Gasteiger charge is -2.39. The number of anilines is 1. The van der Waals surface area contributed by atoms with Gasteiger partial charge >= 0.3 is 0 Å². The molecule has 0 aromatic carbocycles. The molecule has 1 aliphatic heterocycles. The lowest BCUT2D eigenvalue weighted by Crippen LogP contribution is -2.48. The van der Waals surface area contributed by atoms with E-state index in [0.717, 1.165) is 31.7 Å². The highest BCUT2D eigenvalue weighted by Crippen LogP contribution is 2.36. The van der Waals surface area contributed by atoms with Gasteiger partial charge in [-0.05, 0) is 19.3 Å². The van der Waals surface area contributed by atoms with Crippen LogP contribution in [0.3, 0.4) is 0 Å². The molecule has 6 heteroatoms. The molecule has 17 heavy (non-hydrogen) atoms. The fourth-order valence-electron chi connectivity index (χ4n) is 2.77. The molecular weight excluding hydrogens is 261 g/mol. The Morgan fingerprint density at radius 1 is 1.29 bits per heavy atom. The summed E-state index contributed by atoms with van der Waals surface area (Å²) < 4.78 is 5.77. The number of ether oxygens (including phenoxy) is 1. The summed E-state index contributed by atoms with van der Waals surface area (Å²) >= 11 is 12.0. The van der Waals surface area contributed by atoms with E-state index in [9.17, 15) is 0 Å². The van der Waals surface area contributed by atoms with Gasteiger partial charge in [0.05, 0.1) is 24.4 Å². The molecule has 0 spiro atoms. The zero-order valence-electron chi connectivity index (χ0n) is 9.27. The van der Waals surface area contributed by atoms with Gasteiger partial charge in [-0.15, -0.1) is 10.2 Å². The van der Waals surface area contributed by atoms with Crippen molar-refractivity contribution < 1.29 is 4.74 Å². The van der Waals surface area contributed by atoms with Gasteiger partial charge in [0.25, 0.3) is 0 Å². The Balaban J connectivity index is 1.94. The number of halogens is 2. The predicted octanol–water partition coefficient (Wildman–Crippen LogP) is 2.54. The van der Waals surface area contributed by atoms with Gasteiger partial charge in [0.2, 0.25) is 0 Å². The summed E-state index contributed by atoms with van der Waals surface area (Å²) in [6.07, 6.45) is 3.80. The van der Waals surface area contributed by atoms with Gasteiger partial charge in [0.15, 0.2) is 10.3 Å². The van der Waals surface area contributed by atoms with Crippen LogP contribution < -0.4 is 4.90 Å². The molecule has 1 aromatic heterocycles. The van der Waals surface area contributed by atoms with Crippen molar-refractivity contribution in [2.75, 3.05) is 18.1 Å². The molecule has 2 unspecified atom stereocenters. The van der Waals surface area contributed by atoms with Crippen molar-refractivity contribution in [1.82, 2.24) is 10.2 Å². The molecule has 1 saturated heterocycles. The van der Waals surface area contributed by atoms with Crippen LogP contribution in [-0.4, -0.2) is 35.5 Å². The van der Waals surface area contributed by atoms with Crippen LogP contribution in [0.25, 0.3) is 0 Å². The van der Waals surface area contributed by atoms with Crippen LogP contribution in [-0.2, 0) is 4.74 Å². The molecule has 1 aromatic rings. The summed E-state index contributed by atoms with van der Waals surface area (Å²) in [6, 6.07) is 2.19. The number of hydrogen-bond donors (Lipinski definition) is 0. The van der Waals surface area contributed by atoms with E-state index in [2.05, 4.69) is 15.1 Å². The molecule has 0 N–H and O–H groups in total. The normalized spacial score (nSPS) is 28.2. The highest BCUT2D eigenvalue weighted by atomic mass is 35.5. The number of rotatable bonds is 1. The number of aromatic nitrogens is 2. The molecule has 1 aliphatic carbocycles. The average molecular weight is 274 g/mol. The third kappa shape index (κ3) is 2.09. The second-order valence-electron chi connectivity index (χ2n) is 4.44. The zero-order chi connectivity index (χ0) is 11.8. The molecule has 0 amide bonds. The first-order valence-electron chi connectivity index (χ1n) is 5.82. The summed E-state index contributed by atoms with van der Waals surface area (Å²) in [6.45, 7) is 1.57. The SMILES string of the molecule is Clc1cc(N2CCOC3CCCC32)c(Cl)nn1. The minimum absolute atomic E-state index is 0.326. The topological polar surface area (TPSA) is 38.2 Å². The monoisotopic (exact) mass is 273 g/mol. The van der Waals surface area contributed by atoms with E-state index >= 15 is 0 Å². The van der Waals surface area contributed by atoms with Crippen molar-refractivity contribution in [1.29, 1.82) is 0 Å². The fraction of sp³-hybridized carbons (Fsp3) is 0.636. The molecule has 92 valence electrons. The standard InChI is InChI=1S/C11H13Cl2N3O/c12-10-6-8(11(13)15-14-10)16-4-5-17-9-3-1-2-7(9)16/h6-7,9H,1-5H2. The molecule has 2 atom stereocenters. The summed E-state index contributed by atoms with van der Waals surface area (Å²) in [5.41, 5.74) is 0.881. The quantitative estimate of drug-likeness (QED) is 0.788. The maximum Gasteiger partial charge on any atom is 0.175 e. The minimum Gasteiger partial charge on any atom is -0.374 e. The van der Waals surface area contributed by atoms with Gasteiger partial charge in [-0.3, -0.25) is 0 Å². The highest BCUT2D eigenvalue weighted by Gasteiger charge is 2.37. The third-order valence-electron chi connectivity index (χ3n) is 3.49. The van der Waals surface area contributed by atoms with E-state index in [4.69, 9.17) is 27.9 Å². The highest BCUT2D eigenvalue weighted by molar-refractivity contribution is 6.33. The molecular formula is C11H13Cl2N3O. The number of nitrogens with zero attached hydrogens (tertiary/aromatic N) is 3. The molecule has 4 nitrogen and oxygen atoms in total. The number of hydrogen-bond acceptors (Lipinski definition) is 4. The Hall–Kier alpha value is -0.580. The fourth-order valence-corrected chi connectivity index (χ4v) is 3.11. The number of fused-ring (bicyclic) bond motifs is 1. The lowest BCUT2D eigenvalue weighted by molar-refractivity contribution is 0.0256. The van der Waals surface area contributed by atoms with Crippen molar-refractivity contribution >= 4 is 28.9 Å². The second kappa shape index (κ2) is 4.59. The van der Waals surface area contributed by atoms with Gasteiger partial charge in [-0.1, -0.05) is 23.2 Å². The van der Waals surface area contributed by atoms with E-state index in [1.54, 1.807) is 6.07 Å². The Morgan fingerprint density at radius 3 is 3.06 bits per heavy atom. The maximum atomic E-state index is 6.11. The van der Waals surface area contributed by atoms with Crippen molar-refractivity contribution in [3.8, 4) is 0 Å². The first-order chi connectivity index (χ1) is 8.25. The first-order valence-corrected chi connectivity index (χ1v) is 6.58. The molecule has 1 saturated carbocycles. The van der Waals surface area contributed by atoms with E-state index in [1.807, 2.05) is 0 Å². The van der Waals surface area contributed by atoms with E-state index in [-0.39, 0.29) is 0 Å². The predicted molar refractivity (Wildman–Crippen MR) is 66.8 cm³/mol. The lowest BCUT2D eigenvalue weighted by atomic mass is 10.1. The van der Waals surface area contributed by atoms with Crippen molar-refractivity contribution in [2.24, 2.45) is 0 Å². The summed E-state index contributed by atoms with van der Waals surface area (Å²) in [4.78, 5) is 2.27. The van der Waals surface area contributed by atoms with Gasteiger partial charge in [0, 0.05) is 12.6 Å². The van der Waals surface area contributed by atoms with Crippen molar-refractivity contribution in [3.63, 3.8) is 0 Å². The molecule has 2 aliphatic rings. The van der Waals surface area contributed by atoms with Crippen LogP contribution in [0.2, 0.25) is 10.3 Å². The van der Waals surface area contributed by atoms with Crippen molar-refractivity contribution in [2.45, 2.75) is 31.4 Å². The summed E-state index contributed by atoms with van der Waals surface area (Å²) in [7, 11) is 0. The Kier molecular flexibility index (Phi) is 3.11. The third-order valence-corrected chi connectivity index (χ3v) is 3.95. The Bertz CT molecular complexity index is 429. The van der Waals surface area contributed by atoms with Crippen LogP contribution in [0.5, 0.6) is 0 Å². The number of morpholine rings is 1. The van der Waals surface area contributed by atoms with Gasteiger partial charge < -0.3 is 9.64 Å². The van der Waals surface area contributed by atoms with Gasteiger partial charge in [0.1, 0.15) is 0 Å². The Labute approximate surface area is 110 Å². The molecule has 0 bridgehead atoms. The van der Waals surface area contributed by atoms with Crippen LogP contribution in [0.15, 0.2) is 6.07 Å². The van der Waals surface area contributed by atoms with E-state index < -0.39 is 0 Å². The molecule has 0 radical (unpaired) electrons. The van der Waals surface area contributed by atoms with Crippen LogP contribution in [0.4, 0.5) is 5.69 Å². The minimum atomic E-state index is 0.326. The van der Waals surface area contributed by atoms with Crippen molar-refractivity contribution in [3.05, 3.63) is 16.4 Å². The second-order valence-corrected chi connectivity index (χ2v) is 5.19. The first kappa shape index (κ1) is 11.5. The summed E-state index contributed by atoms with van der Waals surface area (Å²) in [5, 5.41) is 8.41. The molecule has 2 fully saturated rings. The smallest absolute Gasteiger partial charge is 0.175 e. The van der Waals surface area contributed by atoms with E-state index in [0.29, 0.717) is 22.5 Å². The van der Waals surface area contributed by atoms with Gasteiger partial charge in [-0.2, -0.15) is 0 Å². The Morgan fingerprint density at radius 2 is 2.18 bits per heavy atom. The zero-order valence-corrected chi connectivity index (χ0v) is 10.8. The largest absolute Gasteiger partial charge is 0.374 e. The molecule has 2 heterocycles. The summed E-state index contributed by atoms with van der Waals surface area (Å²) in [5.74, 6) is 0. The molecule has 3 rings (SSSR count). The van der Waals surface area contributed by atoms with Crippen LogP contribution in [0, 0.1) is 0 Å². The van der Waals surface area contributed by atoms with E-state index in [1.165, 1.54) is 6.42 Å². The van der Waals surface area contributed by atoms with Crippen LogP contribution >= 0.6 is 23.2 Å². The van der Waals surface area contributed by atoms with Gasteiger partial charge in [-0.25, -0.2) is 0 Å².